The zero-order valence-corrected chi connectivity index (χ0v) is 10.1. The highest BCUT2D eigenvalue weighted by atomic mass is 35.5. The summed E-state index contributed by atoms with van der Waals surface area (Å²) in [4.78, 5) is 12.1. The number of rotatable bonds is 3. The van der Waals surface area contributed by atoms with Gasteiger partial charge in [0.15, 0.2) is 0 Å². The van der Waals surface area contributed by atoms with E-state index in [1.165, 1.54) is 0 Å². The Morgan fingerprint density at radius 1 is 1.44 bits per heavy atom. The lowest BCUT2D eigenvalue weighted by atomic mass is 9.90. The van der Waals surface area contributed by atoms with E-state index in [2.05, 4.69) is 12.2 Å². The van der Waals surface area contributed by atoms with E-state index in [9.17, 15) is 4.79 Å². The number of hydrogen-bond donors (Lipinski definition) is 1. The Kier molecular flexibility index (Phi) is 3.62. The number of hydrogen-bond acceptors (Lipinski definition) is 2. The smallest absolute Gasteiger partial charge is 0.141 e. The lowest BCUT2D eigenvalue weighted by Crippen LogP contribution is -2.23. The molecule has 1 saturated heterocycles. The van der Waals surface area contributed by atoms with Gasteiger partial charge in [-0.3, -0.25) is 4.79 Å². The second-order valence-corrected chi connectivity index (χ2v) is 4.88. The summed E-state index contributed by atoms with van der Waals surface area (Å²) in [6.07, 6.45) is 0.455. The van der Waals surface area contributed by atoms with Gasteiger partial charge in [0.2, 0.25) is 0 Å². The standard InChI is InChI=1S/C13H16ClNO/c1-9-7-15-8-11(9)13(16)6-10-4-2-3-5-12(10)14/h2-5,9,11,15H,6-8H2,1H3. The summed E-state index contributed by atoms with van der Waals surface area (Å²) in [5.74, 6) is 0.886. The third-order valence-corrected chi connectivity index (χ3v) is 3.62. The molecule has 0 saturated carbocycles. The molecular weight excluding hydrogens is 222 g/mol. The quantitative estimate of drug-likeness (QED) is 0.874. The Morgan fingerprint density at radius 3 is 2.81 bits per heavy atom. The van der Waals surface area contributed by atoms with Crippen molar-refractivity contribution in [3.8, 4) is 0 Å². The molecule has 1 aliphatic rings. The van der Waals surface area contributed by atoms with Crippen LogP contribution in [0.15, 0.2) is 24.3 Å². The summed E-state index contributed by atoms with van der Waals surface area (Å²) in [5, 5.41) is 3.94. The SMILES string of the molecule is CC1CNCC1C(=O)Cc1ccccc1Cl. The van der Waals surface area contributed by atoms with Crippen LogP contribution in [0.3, 0.4) is 0 Å². The van der Waals surface area contributed by atoms with Gasteiger partial charge in [-0.1, -0.05) is 36.7 Å². The van der Waals surface area contributed by atoms with E-state index < -0.39 is 0 Å². The zero-order valence-electron chi connectivity index (χ0n) is 9.37. The van der Waals surface area contributed by atoms with Crippen LogP contribution >= 0.6 is 11.6 Å². The van der Waals surface area contributed by atoms with Crippen molar-refractivity contribution < 1.29 is 4.79 Å². The summed E-state index contributed by atoms with van der Waals surface area (Å²) in [6.45, 7) is 3.87. The van der Waals surface area contributed by atoms with Crippen molar-refractivity contribution in [3.05, 3.63) is 34.9 Å². The van der Waals surface area contributed by atoms with Gasteiger partial charge < -0.3 is 5.32 Å². The number of carbonyl (C=O) groups excluding carboxylic acids is 1. The van der Waals surface area contributed by atoms with E-state index in [0.717, 1.165) is 18.7 Å². The van der Waals surface area contributed by atoms with Gasteiger partial charge in [0.25, 0.3) is 0 Å². The van der Waals surface area contributed by atoms with Crippen LogP contribution in [0.2, 0.25) is 5.02 Å². The van der Waals surface area contributed by atoms with Crippen LogP contribution in [-0.4, -0.2) is 18.9 Å². The second kappa shape index (κ2) is 4.98. The minimum absolute atomic E-state index is 0.149. The first kappa shape index (κ1) is 11.6. The van der Waals surface area contributed by atoms with E-state index in [0.29, 0.717) is 23.1 Å². The van der Waals surface area contributed by atoms with Crippen LogP contribution in [0.1, 0.15) is 12.5 Å². The number of ketones is 1. The van der Waals surface area contributed by atoms with Crippen molar-refractivity contribution in [1.29, 1.82) is 0 Å². The lowest BCUT2D eigenvalue weighted by molar-refractivity contribution is -0.122. The average molecular weight is 238 g/mol. The molecule has 1 aliphatic heterocycles. The molecule has 1 heterocycles. The number of carbonyl (C=O) groups is 1. The summed E-state index contributed by atoms with van der Waals surface area (Å²) in [5.41, 5.74) is 0.938. The van der Waals surface area contributed by atoms with Gasteiger partial charge in [0, 0.05) is 23.9 Å². The van der Waals surface area contributed by atoms with Crippen LogP contribution < -0.4 is 5.32 Å². The topological polar surface area (TPSA) is 29.1 Å². The first-order valence-electron chi connectivity index (χ1n) is 5.65. The van der Waals surface area contributed by atoms with Gasteiger partial charge in [-0.25, -0.2) is 0 Å². The van der Waals surface area contributed by atoms with E-state index in [-0.39, 0.29) is 5.92 Å². The highest BCUT2D eigenvalue weighted by molar-refractivity contribution is 6.31. The van der Waals surface area contributed by atoms with Gasteiger partial charge in [0.1, 0.15) is 5.78 Å². The van der Waals surface area contributed by atoms with Gasteiger partial charge in [-0.2, -0.15) is 0 Å². The Hall–Kier alpha value is -0.860. The second-order valence-electron chi connectivity index (χ2n) is 4.48. The zero-order chi connectivity index (χ0) is 11.5. The Balaban J connectivity index is 2.05. The molecule has 16 heavy (non-hydrogen) atoms. The minimum atomic E-state index is 0.149. The third kappa shape index (κ3) is 2.45. The lowest BCUT2D eigenvalue weighted by Gasteiger charge is -2.13. The molecule has 0 radical (unpaired) electrons. The monoisotopic (exact) mass is 237 g/mol. The van der Waals surface area contributed by atoms with Crippen molar-refractivity contribution in [1.82, 2.24) is 5.32 Å². The highest BCUT2D eigenvalue weighted by Crippen LogP contribution is 2.21. The predicted molar refractivity (Wildman–Crippen MR) is 65.7 cm³/mol. The van der Waals surface area contributed by atoms with Crippen LogP contribution in [0.25, 0.3) is 0 Å². The molecule has 1 fully saturated rings. The Bertz CT molecular complexity index is 391. The van der Waals surface area contributed by atoms with Gasteiger partial charge in [0.05, 0.1) is 0 Å². The average Bonchev–Trinajstić information content (AvgIpc) is 2.68. The number of halogens is 1. The fraction of sp³-hybridized carbons (Fsp3) is 0.462. The van der Waals surface area contributed by atoms with Crippen molar-refractivity contribution in [2.45, 2.75) is 13.3 Å². The Morgan fingerprint density at radius 2 is 2.19 bits per heavy atom. The molecule has 86 valence electrons. The first-order valence-corrected chi connectivity index (χ1v) is 6.03. The Labute approximate surface area is 101 Å². The molecule has 1 N–H and O–H groups in total. The van der Waals surface area contributed by atoms with Crippen LogP contribution in [0.4, 0.5) is 0 Å². The van der Waals surface area contributed by atoms with Crippen LogP contribution in [-0.2, 0) is 11.2 Å². The van der Waals surface area contributed by atoms with Crippen LogP contribution in [0, 0.1) is 11.8 Å². The van der Waals surface area contributed by atoms with Gasteiger partial charge in [-0.15, -0.1) is 0 Å². The van der Waals surface area contributed by atoms with Crippen molar-refractivity contribution in [3.63, 3.8) is 0 Å². The maximum atomic E-state index is 12.1. The van der Waals surface area contributed by atoms with E-state index in [1.807, 2.05) is 24.3 Å². The van der Waals surface area contributed by atoms with Crippen molar-refractivity contribution in [2.24, 2.45) is 11.8 Å². The maximum Gasteiger partial charge on any atom is 0.141 e. The molecule has 0 aromatic heterocycles. The summed E-state index contributed by atoms with van der Waals surface area (Å²) < 4.78 is 0. The third-order valence-electron chi connectivity index (χ3n) is 3.25. The van der Waals surface area contributed by atoms with E-state index in [4.69, 9.17) is 11.6 Å². The molecule has 0 spiro atoms. The molecule has 2 rings (SSSR count). The number of nitrogens with one attached hydrogen (secondary N) is 1. The summed E-state index contributed by atoms with van der Waals surface area (Å²) in [7, 11) is 0. The molecule has 0 amide bonds. The van der Waals surface area contributed by atoms with Gasteiger partial charge in [-0.05, 0) is 24.1 Å². The maximum absolute atomic E-state index is 12.1. The molecule has 0 bridgehead atoms. The molecule has 3 heteroatoms. The minimum Gasteiger partial charge on any atom is -0.316 e. The molecule has 2 unspecified atom stereocenters. The summed E-state index contributed by atoms with van der Waals surface area (Å²) in [6, 6.07) is 7.56. The largest absolute Gasteiger partial charge is 0.316 e. The van der Waals surface area contributed by atoms with E-state index in [1.54, 1.807) is 0 Å². The fourth-order valence-electron chi connectivity index (χ4n) is 2.20. The van der Waals surface area contributed by atoms with Crippen LogP contribution in [0.5, 0.6) is 0 Å². The van der Waals surface area contributed by atoms with Gasteiger partial charge >= 0.3 is 0 Å². The summed E-state index contributed by atoms with van der Waals surface area (Å²) >= 11 is 6.04. The van der Waals surface area contributed by atoms with Crippen molar-refractivity contribution in [2.75, 3.05) is 13.1 Å². The number of benzene rings is 1. The number of Topliss-reactive ketones (excluding diaryl/α,β-unsaturated/α-hetero) is 1. The van der Waals surface area contributed by atoms with E-state index >= 15 is 0 Å². The predicted octanol–water partition coefficient (Wildman–Crippen LogP) is 2.31. The molecule has 2 nitrogen and oxygen atoms in total. The molecule has 1 aromatic carbocycles. The molecule has 0 aliphatic carbocycles. The highest BCUT2D eigenvalue weighted by Gasteiger charge is 2.29. The van der Waals surface area contributed by atoms with Crippen molar-refractivity contribution >= 4 is 17.4 Å². The first-order chi connectivity index (χ1) is 7.68. The molecule has 2 atom stereocenters. The fourth-order valence-corrected chi connectivity index (χ4v) is 2.40. The molecule has 1 aromatic rings. The normalized spacial score (nSPS) is 24.6. The molecular formula is C13H16ClNO.